The van der Waals surface area contributed by atoms with Crippen LogP contribution in [0.4, 0.5) is 0 Å². The summed E-state index contributed by atoms with van der Waals surface area (Å²) in [4.78, 5) is 0. The molecule has 0 rings (SSSR count). The van der Waals surface area contributed by atoms with Crippen LogP contribution in [0.3, 0.4) is 0 Å². The molecule has 0 saturated carbocycles. The van der Waals surface area contributed by atoms with Gasteiger partial charge in [0.15, 0.2) is 0 Å². The minimum absolute atomic E-state index is 0. The van der Waals surface area contributed by atoms with Gasteiger partial charge in [-0.3, -0.25) is 0 Å². The van der Waals surface area contributed by atoms with Crippen molar-refractivity contribution in [2.45, 2.75) is 0 Å². The first-order valence-electron chi connectivity index (χ1n) is 0.136. The molecule has 1 radical (unpaired) electrons. The van der Waals surface area contributed by atoms with Gasteiger partial charge < -0.3 is 0 Å². The fraction of sp³-hybridized carbons (Fsp3) is 0. The SMILES string of the molecule is [Ce].[Cu].[S]=[Co]. The summed E-state index contributed by atoms with van der Waals surface area (Å²) in [5.74, 6) is 0. The Bertz CT molecular complexity index is 8.00. The van der Waals surface area contributed by atoms with Gasteiger partial charge in [-0.15, -0.1) is 0 Å². The Kier molecular flexibility index (Phi) is 69.7. The predicted octanol–water partition coefficient (Wildman–Crippen LogP) is 0.643. The molecule has 30 valence electrons. The summed E-state index contributed by atoms with van der Waals surface area (Å²) in [6, 6.07) is 0. The Labute approximate surface area is 81.8 Å². The van der Waals surface area contributed by atoms with E-state index in [0.717, 1.165) is 0 Å². The number of hydrogen-bond donors (Lipinski definition) is 0. The van der Waals surface area contributed by atoms with Gasteiger partial charge >= 0.3 is 24.7 Å². The van der Waals surface area contributed by atoms with E-state index >= 15 is 0 Å². The zero-order chi connectivity index (χ0) is 2.00. The Morgan fingerprint density at radius 2 is 1.25 bits per heavy atom. The van der Waals surface area contributed by atoms with Crippen molar-refractivity contribution in [1.82, 2.24) is 0 Å². The molecule has 0 aromatic heterocycles. The molecule has 0 spiro atoms. The van der Waals surface area contributed by atoms with Crippen LogP contribution in [-0.2, 0) is 31.2 Å². The van der Waals surface area contributed by atoms with E-state index in [1.807, 2.05) is 0 Å². The molecule has 0 aromatic rings. The van der Waals surface area contributed by atoms with Gasteiger partial charge in [-0.25, -0.2) is 0 Å². The fourth-order valence-electron chi connectivity index (χ4n) is 0. The van der Waals surface area contributed by atoms with Crippen molar-refractivity contribution < 1.29 is 72.9 Å². The average Bonchev–Trinajstić information content (AvgIpc) is 1.00. The van der Waals surface area contributed by atoms with Crippen molar-refractivity contribution in [3.05, 3.63) is 0 Å². The Balaban J connectivity index is -0.00000000500. The Hall–Kier alpha value is 2.62. The first kappa shape index (κ1) is 16.0. The summed E-state index contributed by atoms with van der Waals surface area (Å²) < 4.78 is 0. The first-order valence-corrected chi connectivity index (χ1v) is 1.68. The van der Waals surface area contributed by atoms with E-state index in [4.69, 9.17) is 0 Å². The van der Waals surface area contributed by atoms with E-state index in [0.29, 0.717) is 0 Å². The molecule has 4 heteroatoms. The molecule has 0 N–H and O–H groups in total. The van der Waals surface area contributed by atoms with Crippen LogP contribution in [0.1, 0.15) is 0 Å². The van der Waals surface area contributed by atoms with Gasteiger partial charge in [0.05, 0.1) is 0 Å². The van der Waals surface area contributed by atoms with Crippen LogP contribution in [-0.4, -0.2) is 0 Å². The molecule has 0 nitrogen and oxygen atoms in total. The van der Waals surface area contributed by atoms with Crippen molar-refractivity contribution in [2.24, 2.45) is 0 Å². The molecule has 0 amide bonds. The monoisotopic (exact) mass is 294 g/mol. The van der Waals surface area contributed by atoms with Crippen LogP contribution in [0, 0.1) is 41.7 Å². The van der Waals surface area contributed by atoms with Gasteiger partial charge in [0.2, 0.25) is 0 Å². The van der Waals surface area contributed by atoms with Crippen LogP contribution in [0.5, 0.6) is 0 Å². The quantitative estimate of drug-likeness (QED) is 0.591. The van der Waals surface area contributed by atoms with Gasteiger partial charge in [-0.05, 0) is 0 Å². The summed E-state index contributed by atoms with van der Waals surface area (Å²) >= 11 is 3.15. The minimum atomic E-state index is 0. The van der Waals surface area contributed by atoms with Gasteiger partial charge in [-0.1, -0.05) is 0 Å². The van der Waals surface area contributed by atoms with Crippen LogP contribution in [0.25, 0.3) is 0 Å². The molecular formula is CeCoCuS. The van der Waals surface area contributed by atoms with Crippen molar-refractivity contribution in [2.75, 3.05) is 0 Å². The Morgan fingerprint density at radius 1 is 1.25 bits per heavy atom. The molecule has 4 heavy (non-hydrogen) atoms. The van der Waals surface area contributed by atoms with Gasteiger partial charge in [0, 0.05) is 58.8 Å². The maximum atomic E-state index is 3.77. The molecule has 0 atom stereocenters. The summed E-state index contributed by atoms with van der Waals surface area (Å²) in [6.07, 6.45) is 0. The zero-order valence-electron chi connectivity index (χ0n) is 1.54. The van der Waals surface area contributed by atoms with E-state index in [9.17, 15) is 0 Å². The molecule has 0 aromatic carbocycles. The average molecular weight is 295 g/mol. The van der Waals surface area contributed by atoms with Gasteiger partial charge in [0.25, 0.3) is 0 Å². The molecule has 0 heterocycles. The number of rotatable bonds is 0. The van der Waals surface area contributed by atoms with Crippen LogP contribution in [0.15, 0.2) is 0 Å². The molecule has 0 saturated heterocycles. The van der Waals surface area contributed by atoms with Gasteiger partial charge in [0.1, 0.15) is 0 Å². The summed E-state index contributed by atoms with van der Waals surface area (Å²) in [7, 11) is 3.77. The summed E-state index contributed by atoms with van der Waals surface area (Å²) in [5.41, 5.74) is 0. The van der Waals surface area contributed by atoms with Crippen molar-refractivity contribution >= 4 is 10.6 Å². The van der Waals surface area contributed by atoms with E-state index < -0.39 is 0 Å². The molecule has 0 fully saturated rings. The molecular weight excluding hydrogens is 295 g/mol. The van der Waals surface area contributed by atoms with Crippen molar-refractivity contribution in [3.63, 3.8) is 0 Å². The molecule has 0 aliphatic rings. The number of hydrogen-bond acceptors (Lipinski definition) is 1. The normalized spacial score (nSPS) is 1.25. The predicted molar refractivity (Wildman–Crippen MR) is 7.59 cm³/mol. The summed E-state index contributed by atoms with van der Waals surface area (Å²) in [5, 5.41) is 0. The second-order valence-electron chi connectivity index (χ2n) is 0. The van der Waals surface area contributed by atoms with E-state index in [2.05, 4.69) is 24.7 Å². The third kappa shape index (κ3) is 8.82. The second kappa shape index (κ2) is 17.5. The molecule has 0 bridgehead atoms. The van der Waals surface area contributed by atoms with E-state index in [1.54, 1.807) is 0 Å². The standard InChI is InChI=1S/Ce.Co.Cu.S. The first-order chi connectivity index (χ1) is 1.00. The van der Waals surface area contributed by atoms with Crippen molar-refractivity contribution in [3.8, 4) is 0 Å². The maximum absolute atomic E-state index is 3.77. The van der Waals surface area contributed by atoms with Crippen LogP contribution < -0.4 is 0 Å². The zero-order valence-corrected chi connectivity index (χ0v) is 7.48. The third-order valence-corrected chi connectivity index (χ3v) is 0. The van der Waals surface area contributed by atoms with Crippen molar-refractivity contribution in [1.29, 1.82) is 0 Å². The molecule has 0 unspecified atom stereocenters. The fourth-order valence-corrected chi connectivity index (χ4v) is 0. The second-order valence-corrected chi connectivity index (χ2v) is 0. The third-order valence-electron chi connectivity index (χ3n) is 0. The van der Waals surface area contributed by atoms with Crippen LogP contribution in [0.2, 0.25) is 0 Å². The topological polar surface area (TPSA) is 0 Å². The molecule has 0 aliphatic carbocycles. The van der Waals surface area contributed by atoms with Gasteiger partial charge in [-0.2, -0.15) is 0 Å². The summed E-state index contributed by atoms with van der Waals surface area (Å²) in [6.45, 7) is 0. The molecule has 0 aliphatic heterocycles. The van der Waals surface area contributed by atoms with Crippen LogP contribution >= 0.6 is 10.6 Å². The van der Waals surface area contributed by atoms with E-state index in [-0.39, 0.29) is 58.8 Å². The Morgan fingerprint density at radius 3 is 1.25 bits per heavy atom. The van der Waals surface area contributed by atoms with E-state index in [1.165, 1.54) is 0 Å².